The van der Waals surface area contributed by atoms with E-state index in [1.165, 1.54) is 18.4 Å². The van der Waals surface area contributed by atoms with Gasteiger partial charge in [0, 0.05) is 23.0 Å². The summed E-state index contributed by atoms with van der Waals surface area (Å²) in [6.07, 6.45) is 6.07. The highest BCUT2D eigenvalue weighted by Crippen LogP contribution is 2.45. The van der Waals surface area contributed by atoms with E-state index < -0.39 is 0 Å². The predicted octanol–water partition coefficient (Wildman–Crippen LogP) is 4.19. The minimum atomic E-state index is 0.551. The fraction of sp³-hybridized carbons (Fsp3) is 0.267. The Morgan fingerprint density at radius 2 is 2.17 bits per heavy atom. The highest BCUT2D eigenvalue weighted by atomic mass is 35.5. The molecule has 1 aromatic heterocycles. The third kappa shape index (κ3) is 2.65. The van der Waals surface area contributed by atoms with Gasteiger partial charge in [-0.05, 0) is 48.6 Å². The van der Waals surface area contributed by atoms with E-state index in [2.05, 4.69) is 4.98 Å². The van der Waals surface area contributed by atoms with E-state index in [4.69, 9.17) is 16.3 Å². The van der Waals surface area contributed by atoms with Crippen molar-refractivity contribution in [1.29, 1.82) is 0 Å². The van der Waals surface area contributed by atoms with Crippen LogP contribution < -0.4 is 4.74 Å². The monoisotopic (exact) mass is 259 g/mol. The zero-order valence-electron chi connectivity index (χ0n) is 9.97. The molecule has 0 radical (unpaired) electrons. The molecule has 0 aliphatic heterocycles. The molecule has 0 atom stereocenters. The summed E-state index contributed by atoms with van der Waals surface area (Å²) in [5, 5.41) is 0.783. The van der Waals surface area contributed by atoms with Crippen LogP contribution in [0.1, 0.15) is 29.9 Å². The van der Waals surface area contributed by atoms with E-state index in [1.54, 1.807) is 6.20 Å². The summed E-state index contributed by atoms with van der Waals surface area (Å²) in [5.74, 6) is 1.58. The fourth-order valence-electron chi connectivity index (χ4n) is 2.01. The summed E-state index contributed by atoms with van der Waals surface area (Å²) in [4.78, 5) is 4.08. The highest BCUT2D eigenvalue weighted by Gasteiger charge is 2.27. The van der Waals surface area contributed by atoms with Gasteiger partial charge in [-0.15, -0.1) is 0 Å². The maximum atomic E-state index is 6.04. The lowest BCUT2D eigenvalue weighted by Gasteiger charge is -2.11. The van der Waals surface area contributed by atoms with Crippen molar-refractivity contribution in [1.82, 2.24) is 4.98 Å². The molecule has 3 rings (SSSR count). The van der Waals surface area contributed by atoms with Gasteiger partial charge in [-0.1, -0.05) is 17.7 Å². The van der Waals surface area contributed by atoms with Crippen LogP contribution in [0.3, 0.4) is 0 Å². The van der Waals surface area contributed by atoms with Crippen LogP contribution in [-0.2, 0) is 6.61 Å². The molecule has 3 heteroatoms. The molecule has 0 bridgehead atoms. The first-order chi connectivity index (χ1) is 8.83. The molecule has 1 aliphatic rings. The smallest absolute Gasteiger partial charge is 0.123 e. The average molecular weight is 260 g/mol. The Hall–Kier alpha value is -1.54. The average Bonchev–Trinajstić information content (AvgIpc) is 3.23. The first-order valence-electron chi connectivity index (χ1n) is 6.14. The molecule has 1 aliphatic carbocycles. The first-order valence-corrected chi connectivity index (χ1v) is 6.52. The Bertz CT molecular complexity index is 537. The molecular weight excluding hydrogens is 246 g/mol. The number of rotatable bonds is 4. The lowest BCUT2D eigenvalue weighted by Crippen LogP contribution is -1.98. The number of halogens is 1. The Labute approximate surface area is 112 Å². The minimum absolute atomic E-state index is 0.551. The van der Waals surface area contributed by atoms with Crippen LogP contribution in [0.5, 0.6) is 5.75 Å². The van der Waals surface area contributed by atoms with Gasteiger partial charge in [0.05, 0.1) is 0 Å². The highest BCUT2D eigenvalue weighted by molar-refractivity contribution is 6.30. The second kappa shape index (κ2) is 4.99. The van der Waals surface area contributed by atoms with Crippen molar-refractivity contribution >= 4 is 11.6 Å². The molecule has 0 saturated heterocycles. The maximum Gasteiger partial charge on any atom is 0.123 e. The summed E-state index contributed by atoms with van der Waals surface area (Å²) in [6, 6.07) is 9.80. The van der Waals surface area contributed by atoms with Gasteiger partial charge in [-0.2, -0.15) is 0 Å². The van der Waals surface area contributed by atoms with Gasteiger partial charge in [-0.3, -0.25) is 4.98 Å². The summed E-state index contributed by atoms with van der Waals surface area (Å²) >= 11 is 6.04. The van der Waals surface area contributed by atoms with Gasteiger partial charge in [0.1, 0.15) is 12.4 Å². The normalized spacial score (nSPS) is 14.5. The van der Waals surface area contributed by atoms with Crippen molar-refractivity contribution in [3.63, 3.8) is 0 Å². The largest absolute Gasteiger partial charge is 0.489 e. The van der Waals surface area contributed by atoms with Crippen molar-refractivity contribution in [2.75, 3.05) is 0 Å². The van der Waals surface area contributed by atoms with Gasteiger partial charge in [0.2, 0.25) is 0 Å². The molecule has 92 valence electrons. The zero-order chi connectivity index (χ0) is 12.4. The fourth-order valence-corrected chi connectivity index (χ4v) is 2.19. The molecule has 2 aromatic rings. The third-order valence-corrected chi connectivity index (χ3v) is 3.34. The van der Waals surface area contributed by atoms with Gasteiger partial charge in [-0.25, -0.2) is 0 Å². The topological polar surface area (TPSA) is 22.1 Å². The van der Waals surface area contributed by atoms with Crippen molar-refractivity contribution in [2.45, 2.75) is 25.4 Å². The molecule has 0 spiro atoms. The molecule has 1 heterocycles. The van der Waals surface area contributed by atoms with Gasteiger partial charge in [0.25, 0.3) is 0 Å². The summed E-state index contributed by atoms with van der Waals surface area (Å²) in [6.45, 7) is 0.551. The number of nitrogens with zero attached hydrogens (tertiary/aromatic N) is 1. The predicted molar refractivity (Wildman–Crippen MR) is 72.0 cm³/mol. The quantitative estimate of drug-likeness (QED) is 0.821. The van der Waals surface area contributed by atoms with E-state index in [-0.39, 0.29) is 0 Å². The summed E-state index contributed by atoms with van der Waals surface area (Å²) in [5.41, 5.74) is 2.32. The molecule has 2 nitrogen and oxygen atoms in total. The number of aromatic nitrogens is 1. The number of pyridine rings is 1. The maximum absolute atomic E-state index is 6.04. The molecule has 1 aromatic carbocycles. The Balaban J connectivity index is 1.76. The first kappa shape index (κ1) is 11.5. The van der Waals surface area contributed by atoms with Crippen molar-refractivity contribution in [2.24, 2.45) is 0 Å². The SMILES string of the molecule is Clc1ccc(OCc2cccnc2)c(C2CC2)c1. The van der Waals surface area contributed by atoms with Crippen LogP contribution in [0.4, 0.5) is 0 Å². The molecule has 0 N–H and O–H groups in total. The van der Waals surface area contributed by atoms with Crippen LogP contribution in [-0.4, -0.2) is 4.98 Å². The second-order valence-electron chi connectivity index (χ2n) is 4.61. The zero-order valence-corrected chi connectivity index (χ0v) is 10.7. The Kier molecular flexibility index (Phi) is 3.20. The van der Waals surface area contributed by atoms with E-state index in [0.717, 1.165) is 16.3 Å². The van der Waals surface area contributed by atoms with Crippen LogP contribution in [0.2, 0.25) is 5.02 Å². The van der Waals surface area contributed by atoms with E-state index in [1.807, 2.05) is 36.5 Å². The number of benzene rings is 1. The third-order valence-electron chi connectivity index (χ3n) is 3.11. The van der Waals surface area contributed by atoms with Crippen LogP contribution in [0, 0.1) is 0 Å². The Morgan fingerprint density at radius 1 is 1.28 bits per heavy atom. The lowest BCUT2D eigenvalue weighted by molar-refractivity contribution is 0.302. The lowest BCUT2D eigenvalue weighted by atomic mass is 10.1. The van der Waals surface area contributed by atoms with E-state index >= 15 is 0 Å². The van der Waals surface area contributed by atoms with E-state index in [9.17, 15) is 0 Å². The molecule has 1 fully saturated rings. The molecular formula is C15H14ClNO. The molecule has 0 unspecified atom stereocenters. The van der Waals surface area contributed by atoms with E-state index in [0.29, 0.717) is 12.5 Å². The number of hydrogen-bond donors (Lipinski definition) is 0. The Morgan fingerprint density at radius 3 is 2.89 bits per heavy atom. The minimum Gasteiger partial charge on any atom is -0.489 e. The van der Waals surface area contributed by atoms with Gasteiger partial charge >= 0.3 is 0 Å². The number of ether oxygens (including phenoxy) is 1. The van der Waals surface area contributed by atoms with Crippen LogP contribution >= 0.6 is 11.6 Å². The summed E-state index contributed by atoms with van der Waals surface area (Å²) in [7, 11) is 0. The molecule has 0 amide bonds. The molecule has 1 saturated carbocycles. The summed E-state index contributed by atoms with van der Waals surface area (Å²) < 4.78 is 5.88. The number of hydrogen-bond acceptors (Lipinski definition) is 2. The second-order valence-corrected chi connectivity index (χ2v) is 5.04. The standard InChI is InChI=1S/C15H14ClNO/c16-13-5-6-15(14(8-13)12-3-4-12)18-10-11-2-1-7-17-9-11/h1-2,5-9,12H,3-4,10H2. The van der Waals surface area contributed by atoms with Crippen molar-refractivity contribution < 1.29 is 4.74 Å². The van der Waals surface area contributed by atoms with Crippen LogP contribution in [0.15, 0.2) is 42.7 Å². The molecule has 18 heavy (non-hydrogen) atoms. The van der Waals surface area contributed by atoms with Crippen molar-refractivity contribution in [3.05, 3.63) is 58.9 Å². The van der Waals surface area contributed by atoms with Gasteiger partial charge in [0.15, 0.2) is 0 Å². The van der Waals surface area contributed by atoms with Gasteiger partial charge < -0.3 is 4.74 Å². The van der Waals surface area contributed by atoms with Crippen LogP contribution in [0.25, 0.3) is 0 Å². The van der Waals surface area contributed by atoms with Crippen molar-refractivity contribution in [3.8, 4) is 5.75 Å².